The van der Waals surface area contributed by atoms with Gasteiger partial charge in [-0.05, 0) is 81.6 Å². The van der Waals surface area contributed by atoms with Crippen molar-refractivity contribution >= 4 is 81.3 Å². The van der Waals surface area contributed by atoms with E-state index in [1.807, 2.05) is 17.4 Å². The van der Waals surface area contributed by atoms with E-state index in [9.17, 15) is 0 Å². The maximum absolute atomic E-state index is 6.64. The van der Waals surface area contributed by atoms with E-state index in [0.717, 1.165) is 39.0 Å². The first kappa shape index (κ1) is 27.9. The third-order valence-corrected chi connectivity index (χ3v) is 10.8. The molecule has 0 radical (unpaired) electrons. The van der Waals surface area contributed by atoms with E-state index in [4.69, 9.17) is 4.42 Å². The van der Waals surface area contributed by atoms with Gasteiger partial charge in [-0.2, -0.15) is 0 Å². The molecule has 8 aromatic carbocycles. The Kier molecular flexibility index (Phi) is 6.39. The summed E-state index contributed by atoms with van der Waals surface area (Å²) in [5.74, 6) is 0. The number of hydrogen-bond acceptors (Lipinski definition) is 3. The van der Waals surface area contributed by atoms with Crippen LogP contribution in [0.1, 0.15) is 0 Å². The topological polar surface area (TPSA) is 16.4 Å². The van der Waals surface area contributed by atoms with Crippen molar-refractivity contribution in [2.75, 3.05) is 4.90 Å². The second-order valence-electron chi connectivity index (χ2n) is 12.5. The molecule has 230 valence electrons. The number of anilines is 3. The average Bonchev–Trinajstić information content (AvgIpc) is 3.74. The molecular weight excluding hydrogens is 615 g/mol. The summed E-state index contributed by atoms with van der Waals surface area (Å²) in [6, 6.07) is 63.2. The zero-order valence-electron chi connectivity index (χ0n) is 26.5. The van der Waals surface area contributed by atoms with Crippen molar-refractivity contribution in [2.45, 2.75) is 0 Å². The zero-order chi connectivity index (χ0) is 32.3. The number of benzene rings is 8. The van der Waals surface area contributed by atoms with Gasteiger partial charge in [0.15, 0.2) is 5.58 Å². The Balaban J connectivity index is 1.26. The first-order valence-corrected chi connectivity index (χ1v) is 17.4. The second-order valence-corrected chi connectivity index (χ2v) is 13.6. The minimum Gasteiger partial charge on any atom is -0.454 e. The smallest absolute Gasteiger partial charge is 0.159 e. The van der Waals surface area contributed by atoms with Crippen LogP contribution in [0.15, 0.2) is 180 Å². The van der Waals surface area contributed by atoms with Gasteiger partial charge < -0.3 is 9.32 Å². The average molecular weight is 644 g/mol. The first-order valence-electron chi connectivity index (χ1n) is 16.6. The zero-order valence-corrected chi connectivity index (χ0v) is 27.3. The maximum Gasteiger partial charge on any atom is 0.159 e. The Hall–Kier alpha value is -6.16. The molecule has 0 fully saturated rings. The molecule has 0 aliphatic rings. The highest BCUT2D eigenvalue weighted by Crippen LogP contribution is 2.47. The normalized spacial score (nSPS) is 11.7. The van der Waals surface area contributed by atoms with E-state index >= 15 is 0 Å². The molecule has 2 heterocycles. The molecule has 10 aromatic rings. The van der Waals surface area contributed by atoms with Crippen molar-refractivity contribution in [1.82, 2.24) is 0 Å². The second kappa shape index (κ2) is 11.2. The van der Waals surface area contributed by atoms with Gasteiger partial charge in [0.1, 0.15) is 5.58 Å². The fourth-order valence-corrected chi connectivity index (χ4v) is 8.55. The summed E-state index contributed by atoms with van der Waals surface area (Å²) in [5.41, 5.74) is 9.72. The molecule has 3 heteroatoms. The van der Waals surface area contributed by atoms with Crippen LogP contribution in [0.4, 0.5) is 17.1 Å². The minimum absolute atomic E-state index is 0.872. The molecule has 10 rings (SSSR count). The Labute approximate surface area is 287 Å². The fourth-order valence-electron chi connectivity index (χ4n) is 7.41. The van der Waals surface area contributed by atoms with Gasteiger partial charge in [0, 0.05) is 42.3 Å². The number of thiophene rings is 1. The minimum atomic E-state index is 0.872. The SMILES string of the molecule is c1ccc(-c2cc(N(c3ccc4ccccc4c3)c3cccc4c3oc3ccccc34)ccc2-c2cccc3sc4ccccc4c23)cc1. The van der Waals surface area contributed by atoms with E-state index < -0.39 is 0 Å². The molecule has 0 unspecified atom stereocenters. The Bertz CT molecular complexity index is 2840. The summed E-state index contributed by atoms with van der Waals surface area (Å²) < 4.78 is 9.25. The monoisotopic (exact) mass is 643 g/mol. The number of rotatable bonds is 5. The first-order chi connectivity index (χ1) is 24.3. The summed E-state index contributed by atoms with van der Waals surface area (Å²) >= 11 is 1.86. The number of para-hydroxylation sites is 2. The highest BCUT2D eigenvalue weighted by Gasteiger charge is 2.22. The molecular formula is C46H29NOS. The van der Waals surface area contributed by atoms with Gasteiger partial charge in [-0.3, -0.25) is 0 Å². The fraction of sp³-hybridized carbons (Fsp3) is 0. The molecule has 49 heavy (non-hydrogen) atoms. The molecule has 0 aliphatic heterocycles. The van der Waals surface area contributed by atoms with Crippen molar-refractivity contribution in [2.24, 2.45) is 0 Å². The van der Waals surface area contributed by atoms with Crippen LogP contribution in [0.2, 0.25) is 0 Å². The van der Waals surface area contributed by atoms with Crippen molar-refractivity contribution in [3.05, 3.63) is 176 Å². The van der Waals surface area contributed by atoms with Gasteiger partial charge in [-0.15, -0.1) is 11.3 Å². The van der Waals surface area contributed by atoms with E-state index in [0.29, 0.717) is 0 Å². The third-order valence-electron chi connectivity index (χ3n) is 9.65. The van der Waals surface area contributed by atoms with E-state index in [2.05, 4.69) is 175 Å². The molecule has 0 saturated heterocycles. The van der Waals surface area contributed by atoms with E-state index in [1.165, 1.54) is 53.2 Å². The van der Waals surface area contributed by atoms with Crippen LogP contribution in [0.3, 0.4) is 0 Å². The number of furan rings is 1. The summed E-state index contributed by atoms with van der Waals surface area (Å²) in [6.07, 6.45) is 0. The van der Waals surface area contributed by atoms with Gasteiger partial charge in [-0.1, -0.05) is 127 Å². The Morgan fingerprint density at radius 3 is 2.04 bits per heavy atom. The summed E-state index contributed by atoms with van der Waals surface area (Å²) in [6.45, 7) is 0. The molecule has 0 N–H and O–H groups in total. The quantitative estimate of drug-likeness (QED) is 0.186. The Morgan fingerprint density at radius 2 is 1.12 bits per heavy atom. The number of hydrogen-bond donors (Lipinski definition) is 0. The van der Waals surface area contributed by atoms with Gasteiger partial charge in [0.05, 0.1) is 5.69 Å². The molecule has 0 saturated carbocycles. The molecule has 0 atom stereocenters. The van der Waals surface area contributed by atoms with Crippen LogP contribution in [-0.4, -0.2) is 0 Å². The largest absolute Gasteiger partial charge is 0.454 e. The van der Waals surface area contributed by atoms with Crippen molar-refractivity contribution in [1.29, 1.82) is 0 Å². The maximum atomic E-state index is 6.64. The predicted octanol–water partition coefficient (Wildman–Crippen LogP) is 13.9. The van der Waals surface area contributed by atoms with Crippen LogP contribution in [0.5, 0.6) is 0 Å². The lowest BCUT2D eigenvalue weighted by atomic mass is 9.91. The van der Waals surface area contributed by atoms with Crippen LogP contribution in [-0.2, 0) is 0 Å². The van der Waals surface area contributed by atoms with Crippen LogP contribution in [0.25, 0.3) is 75.1 Å². The highest BCUT2D eigenvalue weighted by molar-refractivity contribution is 7.25. The standard InChI is InChI=1S/C46H29NOS/c1-2-13-31(14-3-1)40-29-34(26-27-35(40)37-18-11-23-44-45(37)39-17-7-9-22-43(39)49-44)47(33-25-24-30-12-4-5-15-32(30)28-33)41-20-10-19-38-36-16-6-8-21-42(36)48-46(38)41/h1-29H. The van der Waals surface area contributed by atoms with Gasteiger partial charge >= 0.3 is 0 Å². The predicted molar refractivity (Wildman–Crippen MR) is 210 cm³/mol. The van der Waals surface area contributed by atoms with Crippen LogP contribution < -0.4 is 4.90 Å². The van der Waals surface area contributed by atoms with Crippen LogP contribution in [0, 0.1) is 0 Å². The van der Waals surface area contributed by atoms with Crippen molar-refractivity contribution < 1.29 is 4.42 Å². The molecule has 0 aliphatic carbocycles. The molecule has 0 bridgehead atoms. The van der Waals surface area contributed by atoms with Crippen LogP contribution >= 0.6 is 11.3 Å². The van der Waals surface area contributed by atoms with E-state index in [-0.39, 0.29) is 0 Å². The van der Waals surface area contributed by atoms with Gasteiger partial charge in [0.2, 0.25) is 0 Å². The lowest BCUT2D eigenvalue weighted by Gasteiger charge is -2.27. The summed E-state index contributed by atoms with van der Waals surface area (Å²) in [7, 11) is 0. The summed E-state index contributed by atoms with van der Waals surface area (Å²) in [5, 5.41) is 7.24. The van der Waals surface area contributed by atoms with Crippen molar-refractivity contribution in [3.8, 4) is 22.3 Å². The lowest BCUT2D eigenvalue weighted by molar-refractivity contribution is 0.669. The number of nitrogens with zero attached hydrogens (tertiary/aromatic N) is 1. The molecule has 2 nitrogen and oxygen atoms in total. The Morgan fingerprint density at radius 1 is 0.429 bits per heavy atom. The van der Waals surface area contributed by atoms with Gasteiger partial charge in [0.25, 0.3) is 0 Å². The molecule has 0 spiro atoms. The number of fused-ring (bicyclic) bond motifs is 7. The van der Waals surface area contributed by atoms with Gasteiger partial charge in [-0.25, -0.2) is 0 Å². The molecule has 2 aromatic heterocycles. The third kappa shape index (κ3) is 4.55. The lowest BCUT2D eigenvalue weighted by Crippen LogP contribution is -2.10. The van der Waals surface area contributed by atoms with E-state index in [1.54, 1.807) is 0 Å². The molecule has 0 amide bonds. The highest BCUT2D eigenvalue weighted by atomic mass is 32.1. The summed E-state index contributed by atoms with van der Waals surface area (Å²) in [4.78, 5) is 2.36. The van der Waals surface area contributed by atoms with Crippen molar-refractivity contribution in [3.63, 3.8) is 0 Å².